The van der Waals surface area contributed by atoms with Crippen molar-refractivity contribution in [3.63, 3.8) is 0 Å². The Labute approximate surface area is 137 Å². The number of carbonyl (C=O) groups is 1. The van der Waals surface area contributed by atoms with Crippen molar-refractivity contribution in [2.75, 3.05) is 0 Å². The van der Waals surface area contributed by atoms with Crippen LogP contribution in [-0.2, 0) is 5.41 Å². The Morgan fingerprint density at radius 1 is 1.00 bits per heavy atom. The summed E-state index contributed by atoms with van der Waals surface area (Å²) < 4.78 is 1.71. The number of hydrogen-bond donors (Lipinski definition) is 0. The molecule has 112 valence electrons. The van der Waals surface area contributed by atoms with Gasteiger partial charge in [-0.1, -0.05) is 26.8 Å². The summed E-state index contributed by atoms with van der Waals surface area (Å²) >= 11 is 7.03. The first-order chi connectivity index (χ1) is 10.3. The van der Waals surface area contributed by atoms with Gasteiger partial charge in [-0.15, -0.1) is 11.3 Å². The zero-order valence-corrected chi connectivity index (χ0v) is 14.1. The molecule has 0 fully saturated rings. The topological polar surface area (TPSA) is 34.1 Å². The fourth-order valence-corrected chi connectivity index (χ4v) is 3.65. The number of hydrogen-bond acceptors (Lipinski definition) is 3. The van der Waals surface area contributed by atoms with Crippen molar-refractivity contribution >= 4 is 48.4 Å². The van der Waals surface area contributed by atoms with E-state index in [2.05, 4.69) is 26.8 Å². The second-order valence-corrected chi connectivity index (χ2v) is 7.80. The van der Waals surface area contributed by atoms with Gasteiger partial charge in [-0.2, -0.15) is 0 Å². The third-order valence-electron chi connectivity index (χ3n) is 3.76. The van der Waals surface area contributed by atoms with Crippen LogP contribution in [-0.4, -0.2) is 5.24 Å². The maximum Gasteiger partial charge on any atom is 0.252 e. The van der Waals surface area contributed by atoms with Crippen molar-refractivity contribution < 1.29 is 4.79 Å². The van der Waals surface area contributed by atoms with Gasteiger partial charge in [-0.25, -0.2) is 0 Å². The molecule has 0 unspecified atom stereocenters. The van der Waals surface area contributed by atoms with Crippen LogP contribution in [0.15, 0.2) is 41.2 Å². The van der Waals surface area contributed by atoms with Gasteiger partial charge in [0.25, 0.3) is 5.24 Å². The first-order valence-corrected chi connectivity index (χ1v) is 8.18. The normalized spacial score (nSPS) is 12.0. The molecule has 0 saturated heterocycles. The fraction of sp³-hybridized carbons (Fsp3) is 0.222. The molecule has 0 amide bonds. The third-order valence-corrected chi connectivity index (χ3v) is 5.12. The van der Waals surface area contributed by atoms with Crippen LogP contribution in [0, 0.1) is 0 Å². The Hall–Kier alpha value is -1.71. The number of benzene rings is 2. The Morgan fingerprint density at radius 3 is 2.36 bits per heavy atom. The van der Waals surface area contributed by atoms with Gasteiger partial charge in [0, 0.05) is 25.7 Å². The molecule has 1 heterocycles. The minimum Gasteiger partial charge on any atom is -0.289 e. The maximum atomic E-state index is 12.7. The lowest BCUT2D eigenvalue weighted by Gasteiger charge is -2.19. The van der Waals surface area contributed by atoms with E-state index in [1.165, 1.54) is 11.3 Å². The molecule has 1 aromatic heterocycles. The number of rotatable bonds is 1. The summed E-state index contributed by atoms with van der Waals surface area (Å²) in [6, 6.07) is 11.0. The molecule has 0 aliphatic carbocycles. The highest BCUT2D eigenvalue weighted by Crippen LogP contribution is 2.30. The van der Waals surface area contributed by atoms with E-state index < -0.39 is 5.24 Å². The van der Waals surface area contributed by atoms with Gasteiger partial charge in [-0.3, -0.25) is 9.59 Å². The molecule has 0 bridgehead atoms. The lowest BCUT2D eigenvalue weighted by atomic mass is 9.86. The molecule has 2 aromatic carbocycles. The van der Waals surface area contributed by atoms with Crippen LogP contribution in [0.1, 0.15) is 36.7 Å². The molecule has 0 saturated carbocycles. The Balaban J connectivity index is 2.36. The zero-order valence-electron chi connectivity index (χ0n) is 12.6. The summed E-state index contributed by atoms with van der Waals surface area (Å²) in [6.07, 6.45) is 0. The summed E-state index contributed by atoms with van der Waals surface area (Å²) in [7, 11) is 0. The van der Waals surface area contributed by atoms with Gasteiger partial charge in [0.15, 0.2) is 5.43 Å². The molecule has 4 heteroatoms. The highest BCUT2D eigenvalue weighted by Gasteiger charge is 2.16. The largest absolute Gasteiger partial charge is 0.289 e. The van der Waals surface area contributed by atoms with Crippen LogP contribution < -0.4 is 5.43 Å². The summed E-state index contributed by atoms with van der Waals surface area (Å²) in [4.78, 5) is 24.0. The molecule has 0 spiro atoms. The fourth-order valence-electron chi connectivity index (χ4n) is 2.44. The molecule has 0 atom stereocenters. The number of fused-ring (bicyclic) bond motifs is 2. The van der Waals surface area contributed by atoms with E-state index >= 15 is 0 Å². The first-order valence-electron chi connectivity index (χ1n) is 6.98. The van der Waals surface area contributed by atoms with Gasteiger partial charge in [0.05, 0.1) is 0 Å². The van der Waals surface area contributed by atoms with Crippen LogP contribution in [0.5, 0.6) is 0 Å². The molecular formula is C18H15ClO2S. The van der Waals surface area contributed by atoms with E-state index in [1.807, 2.05) is 12.1 Å². The summed E-state index contributed by atoms with van der Waals surface area (Å²) in [5.74, 6) is 0. The summed E-state index contributed by atoms with van der Waals surface area (Å²) in [5, 5.41) is 0.852. The van der Waals surface area contributed by atoms with Gasteiger partial charge in [0.2, 0.25) is 0 Å². The first kappa shape index (κ1) is 15.2. The molecule has 2 nitrogen and oxygen atoms in total. The lowest BCUT2D eigenvalue weighted by Crippen LogP contribution is -2.12. The molecule has 22 heavy (non-hydrogen) atoms. The Morgan fingerprint density at radius 2 is 1.73 bits per heavy atom. The van der Waals surface area contributed by atoms with Gasteiger partial charge < -0.3 is 0 Å². The van der Waals surface area contributed by atoms with E-state index in [9.17, 15) is 9.59 Å². The van der Waals surface area contributed by atoms with Gasteiger partial charge >= 0.3 is 0 Å². The van der Waals surface area contributed by atoms with Crippen molar-refractivity contribution in [3.05, 3.63) is 57.7 Å². The Kier molecular flexibility index (Phi) is 3.58. The Bertz CT molecular complexity index is 964. The molecule has 3 rings (SSSR count). The van der Waals surface area contributed by atoms with Crippen LogP contribution in [0.2, 0.25) is 0 Å². The minimum atomic E-state index is -0.510. The van der Waals surface area contributed by atoms with Gasteiger partial charge in [-0.05, 0) is 52.9 Å². The van der Waals surface area contributed by atoms with E-state index in [0.717, 1.165) is 20.3 Å². The zero-order chi connectivity index (χ0) is 16.1. The average Bonchev–Trinajstić information content (AvgIpc) is 2.45. The molecule has 0 radical (unpaired) electrons. The van der Waals surface area contributed by atoms with E-state index in [0.29, 0.717) is 10.9 Å². The molecular weight excluding hydrogens is 316 g/mol. The summed E-state index contributed by atoms with van der Waals surface area (Å²) in [5.41, 5.74) is 1.55. The van der Waals surface area contributed by atoms with Crippen LogP contribution in [0.25, 0.3) is 20.2 Å². The third kappa shape index (κ3) is 2.55. The van der Waals surface area contributed by atoms with Crippen molar-refractivity contribution in [3.8, 4) is 0 Å². The quantitative estimate of drug-likeness (QED) is 0.460. The average molecular weight is 331 g/mol. The lowest BCUT2D eigenvalue weighted by molar-refractivity contribution is 0.108. The van der Waals surface area contributed by atoms with E-state index in [-0.39, 0.29) is 10.8 Å². The maximum absolute atomic E-state index is 12.7. The van der Waals surface area contributed by atoms with Crippen molar-refractivity contribution in [1.29, 1.82) is 0 Å². The van der Waals surface area contributed by atoms with E-state index in [1.54, 1.807) is 18.2 Å². The predicted octanol–water partition coefficient (Wildman–Crippen LogP) is 5.09. The smallest absolute Gasteiger partial charge is 0.252 e. The van der Waals surface area contributed by atoms with Crippen molar-refractivity contribution in [2.45, 2.75) is 26.2 Å². The minimum absolute atomic E-state index is 0.00317. The van der Waals surface area contributed by atoms with Crippen LogP contribution in [0.4, 0.5) is 0 Å². The monoisotopic (exact) mass is 330 g/mol. The second kappa shape index (κ2) is 5.18. The molecule has 0 aliphatic rings. The summed E-state index contributed by atoms with van der Waals surface area (Å²) in [6.45, 7) is 6.38. The van der Waals surface area contributed by atoms with Crippen LogP contribution in [0.3, 0.4) is 0 Å². The highest BCUT2D eigenvalue weighted by atomic mass is 35.5. The van der Waals surface area contributed by atoms with E-state index in [4.69, 9.17) is 11.6 Å². The highest BCUT2D eigenvalue weighted by molar-refractivity contribution is 7.24. The number of halogens is 1. The van der Waals surface area contributed by atoms with Crippen molar-refractivity contribution in [2.24, 2.45) is 0 Å². The second-order valence-electron chi connectivity index (χ2n) is 6.38. The van der Waals surface area contributed by atoms with Gasteiger partial charge in [0.1, 0.15) is 0 Å². The standard InChI is InChI=1S/C18H15ClO2S/c1-18(2,3)11-5-7-14-13(9-11)16(20)12-6-4-10(17(19)21)8-15(12)22-14/h4-9H,1-3H3. The molecule has 0 aliphatic heterocycles. The predicted molar refractivity (Wildman–Crippen MR) is 94.5 cm³/mol. The van der Waals surface area contributed by atoms with Crippen molar-refractivity contribution in [1.82, 2.24) is 0 Å². The molecule has 0 N–H and O–H groups in total. The van der Waals surface area contributed by atoms with Crippen LogP contribution >= 0.6 is 22.9 Å². The number of carbonyl (C=O) groups excluding carboxylic acids is 1. The SMILES string of the molecule is CC(C)(C)c1ccc2sc3cc(C(=O)Cl)ccc3c(=O)c2c1. The molecule has 3 aromatic rings.